The number of ether oxygens (including phenoxy) is 4. The summed E-state index contributed by atoms with van der Waals surface area (Å²) in [5.74, 6) is 7.23. The zero-order chi connectivity index (χ0) is 26.9. The first kappa shape index (κ1) is 27.3. The van der Waals surface area contributed by atoms with Crippen LogP contribution in [0, 0.1) is 18.8 Å². The van der Waals surface area contributed by atoms with Crippen molar-refractivity contribution in [2.45, 2.75) is 52.6 Å². The fourth-order valence-corrected chi connectivity index (χ4v) is 4.93. The Hall–Kier alpha value is -3.75. The average molecular weight is 513 g/mol. The fourth-order valence-electron chi connectivity index (χ4n) is 4.93. The maximum Gasteiger partial charge on any atom is 0.307 e. The number of benzene rings is 3. The lowest BCUT2D eigenvalue weighted by Gasteiger charge is -2.24. The average Bonchev–Trinajstić information content (AvgIpc) is 2.93. The predicted octanol–water partition coefficient (Wildman–Crippen LogP) is 6.42. The Balaban J connectivity index is 1.45. The van der Waals surface area contributed by atoms with E-state index in [9.17, 15) is 4.79 Å². The molecule has 0 heterocycles. The molecule has 0 bridgehead atoms. The van der Waals surface area contributed by atoms with Crippen molar-refractivity contribution >= 4 is 5.97 Å². The second-order valence-corrected chi connectivity index (χ2v) is 9.40. The minimum Gasteiger partial charge on any atom is -0.491 e. The molecule has 3 aromatic carbocycles. The number of carbonyl (C=O) groups excluding carboxylic acids is 1. The fraction of sp³-hybridized carbons (Fsp3) is 0.364. The third kappa shape index (κ3) is 6.76. The van der Waals surface area contributed by atoms with E-state index in [-0.39, 0.29) is 18.3 Å². The summed E-state index contributed by atoms with van der Waals surface area (Å²) in [5.41, 5.74) is 8.60. The van der Waals surface area contributed by atoms with Gasteiger partial charge in [0.05, 0.1) is 26.1 Å². The SMILES string of the molecule is CC#CC(CC(=O)OC)c1ccc(OCc2ccc3c(c2)-c2c(C)cc(OCCOCC)cc2CC3)cc1. The zero-order valence-electron chi connectivity index (χ0n) is 22.8. The Kier molecular flexibility index (Phi) is 9.46. The van der Waals surface area contributed by atoms with Crippen LogP contribution in [0.5, 0.6) is 11.5 Å². The van der Waals surface area contributed by atoms with E-state index in [1.54, 1.807) is 6.92 Å². The largest absolute Gasteiger partial charge is 0.491 e. The topological polar surface area (TPSA) is 54.0 Å². The van der Waals surface area contributed by atoms with Crippen LogP contribution in [0.2, 0.25) is 0 Å². The van der Waals surface area contributed by atoms with Gasteiger partial charge >= 0.3 is 5.97 Å². The summed E-state index contributed by atoms with van der Waals surface area (Å²) < 4.78 is 22.3. The van der Waals surface area contributed by atoms with Crippen LogP contribution in [-0.2, 0) is 33.7 Å². The molecule has 198 valence electrons. The molecule has 1 unspecified atom stereocenters. The molecule has 1 aliphatic rings. The summed E-state index contributed by atoms with van der Waals surface area (Å²) in [7, 11) is 1.40. The van der Waals surface area contributed by atoms with Gasteiger partial charge in [0.15, 0.2) is 0 Å². The Morgan fingerprint density at radius 2 is 1.74 bits per heavy atom. The Bertz CT molecular complexity index is 1310. The highest BCUT2D eigenvalue weighted by atomic mass is 16.5. The van der Waals surface area contributed by atoms with E-state index in [4.69, 9.17) is 18.9 Å². The zero-order valence-corrected chi connectivity index (χ0v) is 22.8. The van der Waals surface area contributed by atoms with Crippen molar-refractivity contribution < 1.29 is 23.7 Å². The van der Waals surface area contributed by atoms with E-state index < -0.39 is 0 Å². The van der Waals surface area contributed by atoms with Gasteiger partial charge in [0.2, 0.25) is 0 Å². The van der Waals surface area contributed by atoms with E-state index in [0.717, 1.165) is 35.5 Å². The molecule has 0 N–H and O–H groups in total. The summed E-state index contributed by atoms with van der Waals surface area (Å²) in [6, 6.07) is 18.7. The van der Waals surface area contributed by atoms with Gasteiger partial charge in [0.25, 0.3) is 0 Å². The molecule has 0 aliphatic heterocycles. The first-order chi connectivity index (χ1) is 18.5. The van der Waals surface area contributed by atoms with E-state index in [1.807, 2.05) is 31.2 Å². The van der Waals surface area contributed by atoms with Gasteiger partial charge in [-0.25, -0.2) is 0 Å². The second kappa shape index (κ2) is 13.2. The molecule has 5 nitrogen and oxygen atoms in total. The maximum atomic E-state index is 11.8. The number of aryl methyl sites for hydroxylation is 3. The van der Waals surface area contributed by atoms with Crippen LogP contribution in [-0.4, -0.2) is 32.9 Å². The summed E-state index contributed by atoms with van der Waals surface area (Å²) >= 11 is 0. The standard InChI is InChI=1S/C33H36O5/c1-5-7-27(21-32(34)35-4)25-12-14-29(15-13-25)38-22-24-8-9-26-10-11-28-20-30(37-17-16-36-6-2)18-23(3)33(28)31(26)19-24/h8-9,12-15,18-20,27H,6,10-11,16-17,21-22H2,1-4H3. The van der Waals surface area contributed by atoms with Crippen molar-refractivity contribution in [1.82, 2.24) is 0 Å². The normalized spacial score (nSPS) is 12.4. The summed E-state index contributed by atoms with van der Waals surface area (Å²) in [5, 5.41) is 0. The lowest BCUT2D eigenvalue weighted by atomic mass is 9.82. The van der Waals surface area contributed by atoms with Crippen LogP contribution in [0.3, 0.4) is 0 Å². The van der Waals surface area contributed by atoms with Crippen molar-refractivity contribution in [3.05, 3.63) is 82.4 Å². The van der Waals surface area contributed by atoms with Crippen LogP contribution >= 0.6 is 0 Å². The van der Waals surface area contributed by atoms with Gasteiger partial charge in [-0.3, -0.25) is 4.79 Å². The lowest BCUT2D eigenvalue weighted by molar-refractivity contribution is -0.140. The third-order valence-corrected chi connectivity index (χ3v) is 6.80. The molecule has 0 radical (unpaired) electrons. The molecule has 0 fully saturated rings. The third-order valence-electron chi connectivity index (χ3n) is 6.80. The number of hydrogen-bond acceptors (Lipinski definition) is 5. The number of methoxy groups -OCH3 is 1. The van der Waals surface area contributed by atoms with Gasteiger partial charge in [0, 0.05) is 6.61 Å². The first-order valence-electron chi connectivity index (χ1n) is 13.2. The summed E-state index contributed by atoms with van der Waals surface area (Å²) in [6.45, 7) is 8.25. The summed E-state index contributed by atoms with van der Waals surface area (Å²) in [4.78, 5) is 11.8. The molecule has 0 spiro atoms. The van der Waals surface area contributed by atoms with Crippen LogP contribution in [0.1, 0.15) is 54.0 Å². The number of carbonyl (C=O) groups is 1. The highest BCUT2D eigenvalue weighted by Crippen LogP contribution is 2.39. The Morgan fingerprint density at radius 1 is 0.947 bits per heavy atom. The molecular formula is C33H36O5. The first-order valence-corrected chi connectivity index (χ1v) is 13.2. The molecule has 0 saturated heterocycles. The monoisotopic (exact) mass is 512 g/mol. The maximum absolute atomic E-state index is 11.8. The van der Waals surface area contributed by atoms with Gasteiger partial charge < -0.3 is 18.9 Å². The quantitative estimate of drug-likeness (QED) is 0.168. The van der Waals surface area contributed by atoms with Crippen molar-refractivity contribution in [2.24, 2.45) is 0 Å². The van der Waals surface area contributed by atoms with E-state index in [1.165, 1.54) is 34.9 Å². The van der Waals surface area contributed by atoms with Crippen molar-refractivity contribution in [3.8, 4) is 34.5 Å². The Labute approximate surface area is 226 Å². The van der Waals surface area contributed by atoms with Crippen molar-refractivity contribution in [3.63, 3.8) is 0 Å². The molecule has 0 saturated carbocycles. The molecule has 1 aliphatic carbocycles. The minimum absolute atomic E-state index is 0.193. The van der Waals surface area contributed by atoms with Crippen molar-refractivity contribution in [2.75, 3.05) is 26.9 Å². The van der Waals surface area contributed by atoms with Gasteiger partial charge in [-0.15, -0.1) is 5.92 Å². The van der Waals surface area contributed by atoms with Crippen LogP contribution in [0.4, 0.5) is 0 Å². The number of rotatable bonds is 11. The smallest absolute Gasteiger partial charge is 0.307 e. The summed E-state index contributed by atoms with van der Waals surface area (Å²) in [6.07, 6.45) is 2.25. The number of hydrogen-bond donors (Lipinski definition) is 0. The van der Waals surface area contributed by atoms with E-state index in [0.29, 0.717) is 26.4 Å². The molecule has 0 amide bonds. The molecule has 38 heavy (non-hydrogen) atoms. The minimum atomic E-state index is -0.271. The van der Waals surface area contributed by atoms with E-state index >= 15 is 0 Å². The molecular weight excluding hydrogens is 476 g/mol. The van der Waals surface area contributed by atoms with Gasteiger partial charge in [0.1, 0.15) is 24.7 Å². The van der Waals surface area contributed by atoms with Crippen LogP contribution < -0.4 is 9.47 Å². The molecule has 1 atom stereocenters. The van der Waals surface area contributed by atoms with Crippen LogP contribution in [0.15, 0.2) is 54.6 Å². The highest BCUT2D eigenvalue weighted by Gasteiger charge is 2.20. The molecule has 0 aromatic heterocycles. The Morgan fingerprint density at radius 3 is 2.47 bits per heavy atom. The number of fused-ring (bicyclic) bond motifs is 3. The van der Waals surface area contributed by atoms with Gasteiger partial charge in [-0.1, -0.05) is 30.2 Å². The van der Waals surface area contributed by atoms with Crippen molar-refractivity contribution in [1.29, 1.82) is 0 Å². The van der Waals surface area contributed by atoms with Gasteiger partial charge in [-0.05, 0) is 103 Å². The number of esters is 1. The van der Waals surface area contributed by atoms with E-state index in [2.05, 4.69) is 49.1 Å². The van der Waals surface area contributed by atoms with Gasteiger partial charge in [-0.2, -0.15) is 0 Å². The van der Waals surface area contributed by atoms with Crippen LogP contribution in [0.25, 0.3) is 11.1 Å². The molecule has 4 rings (SSSR count). The molecule has 3 aromatic rings. The lowest BCUT2D eigenvalue weighted by Crippen LogP contribution is -2.10. The highest BCUT2D eigenvalue weighted by molar-refractivity contribution is 5.77. The molecule has 5 heteroatoms. The second-order valence-electron chi connectivity index (χ2n) is 9.40. The predicted molar refractivity (Wildman–Crippen MR) is 150 cm³/mol.